The van der Waals surface area contributed by atoms with E-state index in [1.807, 2.05) is 37.3 Å². The van der Waals surface area contributed by atoms with Crippen LogP contribution in [0.1, 0.15) is 18.5 Å². The van der Waals surface area contributed by atoms with Crippen LogP contribution in [0, 0.1) is 0 Å². The first-order valence-electron chi connectivity index (χ1n) is 6.49. The van der Waals surface area contributed by atoms with Gasteiger partial charge in [-0.3, -0.25) is 4.90 Å². The minimum atomic E-state index is -0.270. The first-order valence-corrected chi connectivity index (χ1v) is 6.49. The molecule has 1 heterocycles. The van der Waals surface area contributed by atoms with Crippen molar-refractivity contribution in [1.82, 2.24) is 10.2 Å². The van der Waals surface area contributed by atoms with Crippen LogP contribution in [0.2, 0.25) is 0 Å². The molecule has 1 aliphatic rings. The molecule has 0 amide bonds. The highest BCUT2D eigenvalue weighted by atomic mass is 16.5. The molecule has 1 aliphatic heterocycles. The van der Waals surface area contributed by atoms with Crippen molar-refractivity contribution in [2.75, 3.05) is 32.8 Å². The van der Waals surface area contributed by atoms with Gasteiger partial charge in [0.05, 0.1) is 6.61 Å². The SMILES string of the molecule is CCOC(=O)C(c1ccccc1)N1CCNCC1. The summed E-state index contributed by atoms with van der Waals surface area (Å²) < 4.78 is 5.21. The summed E-state index contributed by atoms with van der Waals surface area (Å²) in [6.07, 6.45) is 0. The van der Waals surface area contributed by atoms with Crippen molar-refractivity contribution in [3.63, 3.8) is 0 Å². The van der Waals surface area contributed by atoms with Crippen LogP contribution in [0.15, 0.2) is 30.3 Å². The average molecular weight is 248 g/mol. The van der Waals surface area contributed by atoms with E-state index < -0.39 is 0 Å². The normalized spacial score (nSPS) is 18.3. The van der Waals surface area contributed by atoms with Crippen molar-refractivity contribution in [3.8, 4) is 0 Å². The lowest BCUT2D eigenvalue weighted by atomic mass is 10.0. The Morgan fingerprint density at radius 3 is 2.61 bits per heavy atom. The lowest BCUT2D eigenvalue weighted by molar-refractivity contribution is -0.150. The zero-order valence-electron chi connectivity index (χ0n) is 10.8. The number of hydrogen-bond donors (Lipinski definition) is 1. The van der Waals surface area contributed by atoms with Gasteiger partial charge in [-0.15, -0.1) is 0 Å². The predicted molar refractivity (Wildman–Crippen MR) is 70.3 cm³/mol. The highest BCUT2D eigenvalue weighted by Gasteiger charge is 2.29. The number of esters is 1. The van der Waals surface area contributed by atoms with Gasteiger partial charge in [-0.2, -0.15) is 0 Å². The van der Waals surface area contributed by atoms with Crippen LogP contribution in [0.5, 0.6) is 0 Å². The lowest BCUT2D eigenvalue weighted by Crippen LogP contribution is -2.47. The Hall–Kier alpha value is -1.39. The Morgan fingerprint density at radius 2 is 2.00 bits per heavy atom. The van der Waals surface area contributed by atoms with Crippen LogP contribution in [-0.4, -0.2) is 43.7 Å². The Morgan fingerprint density at radius 1 is 1.33 bits per heavy atom. The second kappa shape index (κ2) is 6.52. The van der Waals surface area contributed by atoms with Gasteiger partial charge in [-0.05, 0) is 12.5 Å². The van der Waals surface area contributed by atoms with Crippen LogP contribution >= 0.6 is 0 Å². The van der Waals surface area contributed by atoms with Crippen molar-refractivity contribution in [3.05, 3.63) is 35.9 Å². The Bertz CT molecular complexity index is 375. The number of nitrogens with zero attached hydrogens (tertiary/aromatic N) is 1. The van der Waals surface area contributed by atoms with Crippen LogP contribution < -0.4 is 5.32 Å². The number of rotatable bonds is 4. The highest BCUT2D eigenvalue weighted by Crippen LogP contribution is 2.22. The first-order chi connectivity index (χ1) is 8.83. The number of carbonyl (C=O) groups excluding carboxylic acids is 1. The summed E-state index contributed by atoms with van der Waals surface area (Å²) in [6.45, 7) is 5.86. The third kappa shape index (κ3) is 3.09. The van der Waals surface area contributed by atoms with E-state index in [1.54, 1.807) is 0 Å². The molecular formula is C14H20N2O2. The maximum absolute atomic E-state index is 12.2. The molecule has 1 aromatic carbocycles. The van der Waals surface area contributed by atoms with Crippen molar-refractivity contribution in [1.29, 1.82) is 0 Å². The fraction of sp³-hybridized carbons (Fsp3) is 0.500. The Balaban J connectivity index is 2.19. The predicted octanol–water partition coefficient (Wildman–Crippen LogP) is 1.20. The molecule has 0 aromatic heterocycles. The van der Waals surface area contributed by atoms with E-state index in [0.29, 0.717) is 6.61 Å². The van der Waals surface area contributed by atoms with Crippen LogP contribution in [0.3, 0.4) is 0 Å². The van der Waals surface area contributed by atoms with Gasteiger partial charge >= 0.3 is 5.97 Å². The van der Waals surface area contributed by atoms with Gasteiger partial charge in [0.15, 0.2) is 0 Å². The Kier molecular flexibility index (Phi) is 4.73. The lowest BCUT2D eigenvalue weighted by Gasteiger charge is -2.33. The van der Waals surface area contributed by atoms with Gasteiger partial charge in [0.2, 0.25) is 0 Å². The van der Waals surface area contributed by atoms with E-state index in [4.69, 9.17) is 4.74 Å². The van der Waals surface area contributed by atoms with Crippen LogP contribution in [0.4, 0.5) is 0 Å². The summed E-state index contributed by atoms with van der Waals surface area (Å²) in [5, 5.41) is 3.30. The van der Waals surface area contributed by atoms with Crippen LogP contribution in [0.25, 0.3) is 0 Å². The van der Waals surface area contributed by atoms with E-state index in [-0.39, 0.29) is 12.0 Å². The molecule has 2 rings (SSSR count). The molecule has 0 spiro atoms. The summed E-state index contributed by atoms with van der Waals surface area (Å²) in [5.74, 6) is -0.148. The summed E-state index contributed by atoms with van der Waals surface area (Å²) >= 11 is 0. The molecule has 4 nitrogen and oxygen atoms in total. The molecule has 0 radical (unpaired) electrons. The van der Waals surface area contributed by atoms with E-state index in [0.717, 1.165) is 31.7 Å². The third-order valence-electron chi connectivity index (χ3n) is 3.14. The van der Waals surface area contributed by atoms with Gasteiger partial charge in [0, 0.05) is 26.2 Å². The molecule has 98 valence electrons. The molecule has 1 atom stereocenters. The molecular weight excluding hydrogens is 228 g/mol. The zero-order valence-corrected chi connectivity index (χ0v) is 10.8. The van der Waals surface area contributed by atoms with E-state index in [1.165, 1.54) is 0 Å². The molecule has 1 N–H and O–H groups in total. The minimum Gasteiger partial charge on any atom is -0.465 e. The number of nitrogens with one attached hydrogen (secondary N) is 1. The van der Waals surface area contributed by atoms with Crippen molar-refractivity contribution < 1.29 is 9.53 Å². The van der Waals surface area contributed by atoms with Gasteiger partial charge in [0.1, 0.15) is 6.04 Å². The van der Waals surface area contributed by atoms with E-state index in [9.17, 15) is 4.79 Å². The number of carbonyl (C=O) groups is 1. The molecule has 0 aliphatic carbocycles. The van der Waals surface area contributed by atoms with E-state index in [2.05, 4.69) is 10.2 Å². The molecule has 1 fully saturated rings. The maximum Gasteiger partial charge on any atom is 0.328 e. The second-order valence-electron chi connectivity index (χ2n) is 4.35. The smallest absolute Gasteiger partial charge is 0.328 e. The quantitative estimate of drug-likeness (QED) is 0.813. The van der Waals surface area contributed by atoms with Crippen LogP contribution in [-0.2, 0) is 9.53 Å². The largest absolute Gasteiger partial charge is 0.465 e. The molecule has 1 aromatic rings. The fourth-order valence-corrected chi connectivity index (χ4v) is 2.29. The zero-order chi connectivity index (χ0) is 12.8. The topological polar surface area (TPSA) is 41.6 Å². The molecule has 0 bridgehead atoms. The van der Waals surface area contributed by atoms with Crippen molar-refractivity contribution in [2.45, 2.75) is 13.0 Å². The summed E-state index contributed by atoms with van der Waals surface area (Å²) in [5.41, 5.74) is 1.01. The molecule has 1 unspecified atom stereocenters. The summed E-state index contributed by atoms with van der Waals surface area (Å²) in [7, 11) is 0. The number of piperazine rings is 1. The summed E-state index contributed by atoms with van der Waals surface area (Å²) in [6, 6.07) is 9.60. The summed E-state index contributed by atoms with van der Waals surface area (Å²) in [4.78, 5) is 14.3. The number of benzene rings is 1. The monoisotopic (exact) mass is 248 g/mol. The second-order valence-corrected chi connectivity index (χ2v) is 4.35. The first kappa shape index (κ1) is 13.1. The van der Waals surface area contributed by atoms with Crippen molar-refractivity contribution >= 4 is 5.97 Å². The molecule has 4 heteroatoms. The Labute approximate surface area is 108 Å². The number of ether oxygens (including phenoxy) is 1. The van der Waals surface area contributed by atoms with Crippen molar-refractivity contribution in [2.24, 2.45) is 0 Å². The van der Waals surface area contributed by atoms with E-state index >= 15 is 0 Å². The third-order valence-corrected chi connectivity index (χ3v) is 3.14. The molecule has 1 saturated heterocycles. The van der Waals surface area contributed by atoms with Gasteiger partial charge in [0.25, 0.3) is 0 Å². The van der Waals surface area contributed by atoms with Gasteiger partial charge < -0.3 is 10.1 Å². The van der Waals surface area contributed by atoms with Gasteiger partial charge in [-0.1, -0.05) is 30.3 Å². The fourth-order valence-electron chi connectivity index (χ4n) is 2.29. The van der Waals surface area contributed by atoms with Gasteiger partial charge in [-0.25, -0.2) is 4.79 Å². The maximum atomic E-state index is 12.2. The highest BCUT2D eigenvalue weighted by molar-refractivity contribution is 5.77. The molecule has 0 saturated carbocycles. The average Bonchev–Trinajstić information content (AvgIpc) is 2.42. The minimum absolute atomic E-state index is 0.148. The standard InChI is InChI=1S/C14H20N2O2/c1-2-18-14(17)13(12-6-4-3-5-7-12)16-10-8-15-9-11-16/h3-7,13,15H,2,8-11H2,1H3. The number of hydrogen-bond acceptors (Lipinski definition) is 4. The molecule has 18 heavy (non-hydrogen) atoms.